The van der Waals surface area contributed by atoms with Gasteiger partial charge in [-0.05, 0) is 35.2 Å². The highest BCUT2D eigenvalue weighted by Crippen LogP contribution is 2.29. The van der Waals surface area contributed by atoms with Crippen LogP contribution in [0.1, 0.15) is 32.8 Å². The van der Waals surface area contributed by atoms with E-state index >= 15 is 0 Å². The van der Waals surface area contributed by atoms with Gasteiger partial charge in [-0.1, -0.05) is 68.8 Å². The Bertz CT molecular complexity index is 855. The lowest BCUT2D eigenvalue weighted by Gasteiger charge is -2.29. The highest BCUT2D eigenvalue weighted by molar-refractivity contribution is 6.30. The monoisotopic (exact) mass is 385 g/mol. The van der Waals surface area contributed by atoms with Gasteiger partial charge < -0.3 is 5.11 Å². The van der Waals surface area contributed by atoms with Gasteiger partial charge in [0.2, 0.25) is 5.91 Å². The Kier molecular flexibility index (Phi) is 5.41. The maximum Gasteiger partial charge on any atom is 0.258 e. The van der Waals surface area contributed by atoms with E-state index in [0.717, 1.165) is 16.7 Å². The first-order chi connectivity index (χ1) is 12.7. The van der Waals surface area contributed by atoms with Crippen molar-refractivity contribution in [2.45, 2.75) is 45.8 Å². The standard InChI is InChI=1S/C22H24ClNO3/c1-22(2,3)21(27)24-18(13-19(25)20(24)26)11-14-7-9-15(10-8-14)16-5-4-6-17(23)12-16/h4-10,12,18-19,25H,11,13H2,1-3H3. The Morgan fingerprint density at radius 2 is 1.81 bits per heavy atom. The molecular weight excluding hydrogens is 362 g/mol. The summed E-state index contributed by atoms with van der Waals surface area (Å²) in [5, 5.41) is 10.7. The highest BCUT2D eigenvalue weighted by Gasteiger charge is 2.45. The number of carbonyl (C=O) groups excluding carboxylic acids is 2. The van der Waals surface area contributed by atoms with Crippen molar-refractivity contribution in [3.8, 4) is 11.1 Å². The second-order valence-corrected chi connectivity index (χ2v) is 8.52. The molecule has 0 aromatic heterocycles. The van der Waals surface area contributed by atoms with E-state index in [1.807, 2.05) is 48.5 Å². The lowest BCUT2D eigenvalue weighted by molar-refractivity contribution is -0.151. The lowest BCUT2D eigenvalue weighted by Crippen LogP contribution is -2.46. The molecular formula is C22H24ClNO3. The first-order valence-electron chi connectivity index (χ1n) is 9.07. The minimum Gasteiger partial charge on any atom is -0.383 e. The number of rotatable bonds is 3. The largest absolute Gasteiger partial charge is 0.383 e. The van der Waals surface area contributed by atoms with Crippen molar-refractivity contribution in [1.29, 1.82) is 0 Å². The third-order valence-corrected chi connectivity index (χ3v) is 5.06. The van der Waals surface area contributed by atoms with Gasteiger partial charge in [0, 0.05) is 22.9 Å². The molecule has 0 spiro atoms. The molecule has 2 atom stereocenters. The average molecular weight is 386 g/mol. The SMILES string of the molecule is CC(C)(C)C(=O)N1C(=O)C(O)CC1Cc1ccc(-c2cccc(Cl)c2)cc1. The molecule has 142 valence electrons. The zero-order valence-electron chi connectivity index (χ0n) is 15.8. The predicted octanol–water partition coefficient (Wildman–Crippen LogP) is 4.08. The second kappa shape index (κ2) is 7.45. The van der Waals surface area contributed by atoms with Crippen LogP contribution >= 0.6 is 11.6 Å². The first-order valence-corrected chi connectivity index (χ1v) is 9.45. The van der Waals surface area contributed by atoms with Crippen molar-refractivity contribution in [3.05, 3.63) is 59.1 Å². The predicted molar refractivity (Wildman–Crippen MR) is 106 cm³/mol. The molecule has 0 saturated carbocycles. The van der Waals surface area contributed by atoms with Gasteiger partial charge in [0.15, 0.2) is 0 Å². The summed E-state index contributed by atoms with van der Waals surface area (Å²) in [6.45, 7) is 5.35. The average Bonchev–Trinajstić information content (AvgIpc) is 2.88. The van der Waals surface area contributed by atoms with Crippen LogP contribution in [-0.2, 0) is 16.0 Å². The molecule has 4 nitrogen and oxygen atoms in total. The number of aliphatic hydroxyl groups excluding tert-OH is 1. The minimum absolute atomic E-state index is 0.246. The maximum absolute atomic E-state index is 12.7. The van der Waals surface area contributed by atoms with Crippen LogP contribution in [0.3, 0.4) is 0 Å². The normalized spacial score (nSPS) is 20.2. The number of hydrogen-bond acceptors (Lipinski definition) is 3. The maximum atomic E-state index is 12.7. The van der Waals surface area contributed by atoms with Crippen molar-refractivity contribution in [1.82, 2.24) is 4.90 Å². The minimum atomic E-state index is -1.10. The molecule has 0 aliphatic carbocycles. The fourth-order valence-electron chi connectivity index (χ4n) is 3.38. The summed E-state index contributed by atoms with van der Waals surface area (Å²) in [5.74, 6) is -0.736. The summed E-state index contributed by atoms with van der Waals surface area (Å²) in [6.07, 6.45) is -0.302. The molecule has 1 saturated heterocycles. The van der Waals surface area contributed by atoms with Gasteiger partial charge in [-0.3, -0.25) is 14.5 Å². The molecule has 27 heavy (non-hydrogen) atoms. The summed E-state index contributed by atoms with van der Waals surface area (Å²) in [5.41, 5.74) is 2.42. The van der Waals surface area contributed by atoms with Crippen LogP contribution in [0.5, 0.6) is 0 Å². The van der Waals surface area contributed by atoms with E-state index in [4.69, 9.17) is 11.6 Å². The number of imide groups is 1. The molecule has 1 fully saturated rings. The first kappa shape index (κ1) is 19.6. The summed E-state index contributed by atoms with van der Waals surface area (Å²) < 4.78 is 0. The topological polar surface area (TPSA) is 57.6 Å². The van der Waals surface area contributed by atoms with E-state index in [0.29, 0.717) is 11.4 Å². The van der Waals surface area contributed by atoms with E-state index in [2.05, 4.69) is 0 Å². The van der Waals surface area contributed by atoms with Crippen molar-refractivity contribution >= 4 is 23.4 Å². The summed E-state index contributed by atoms with van der Waals surface area (Å²) in [7, 11) is 0. The zero-order chi connectivity index (χ0) is 19.8. The fourth-order valence-corrected chi connectivity index (χ4v) is 3.57. The Hall–Kier alpha value is -2.17. The number of benzene rings is 2. The molecule has 1 heterocycles. The smallest absolute Gasteiger partial charge is 0.258 e. The van der Waals surface area contributed by atoms with Gasteiger partial charge in [-0.15, -0.1) is 0 Å². The number of nitrogens with zero attached hydrogens (tertiary/aromatic N) is 1. The number of amides is 2. The third-order valence-electron chi connectivity index (χ3n) is 4.83. The molecule has 3 rings (SSSR count). The van der Waals surface area contributed by atoms with Crippen molar-refractivity contribution in [3.63, 3.8) is 0 Å². The number of halogens is 1. The van der Waals surface area contributed by atoms with E-state index < -0.39 is 17.4 Å². The lowest BCUT2D eigenvalue weighted by atomic mass is 9.93. The van der Waals surface area contributed by atoms with Gasteiger partial charge in [-0.25, -0.2) is 0 Å². The molecule has 2 aromatic rings. The molecule has 0 bridgehead atoms. The van der Waals surface area contributed by atoms with Crippen molar-refractivity contribution < 1.29 is 14.7 Å². The Morgan fingerprint density at radius 3 is 2.41 bits per heavy atom. The summed E-state index contributed by atoms with van der Waals surface area (Å²) in [4.78, 5) is 26.2. The van der Waals surface area contributed by atoms with Gasteiger partial charge >= 0.3 is 0 Å². The van der Waals surface area contributed by atoms with Crippen LogP contribution in [-0.4, -0.2) is 34.0 Å². The summed E-state index contributed by atoms with van der Waals surface area (Å²) >= 11 is 6.06. The Labute approximate surface area is 164 Å². The Morgan fingerprint density at radius 1 is 1.15 bits per heavy atom. The molecule has 1 N–H and O–H groups in total. The third kappa shape index (κ3) is 4.23. The van der Waals surface area contributed by atoms with E-state index in [1.165, 1.54) is 4.90 Å². The van der Waals surface area contributed by atoms with Crippen LogP contribution in [0, 0.1) is 5.41 Å². The molecule has 1 aliphatic rings. The van der Waals surface area contributed by atoms with Crippen LogP contribution in [0.2, 0.25) is 5.02 Å². The molecule has 2 aromatic carbocycles. The molecule has 2 amide bonds. The van der Waals surface area contributed by atoms with Gasteiger partial charge in [0.1, 0.15) is 6.10 Å². The number of hydrogen-bond donors (Lipinski definition) is 1. The number of aliphatic hydroxyl groups is 1. The van der Waals surface area contributed by atoms with Crippen LogP contribution in [0.4, 0.5) is 0 Å². The second-order valence-electron chi connectivity index (χ2n) is 8.08. The van der Waals surface area contributed by atoms with Crippen LogP contribution in [0.25, 0.3) is 11.1 Å². The summed E-state index contributed by atoms with van der Waals surface area (Å²) in [6, 6.07) is 15.3. The highest BCUT2D eigenvalue weighted by atomic mass is 35.5. The quantitative estimate of drug-likeness (QED) is 0.865. The van der Waals surface area contributed by atoms with Crippen LogP contribution < -0.4 is 0 Å². The van der Waals surface area contributed by atoms with E-state index in [1.54, 1.807) is 20.8 Å². The molecule has 1 aliphatic heterocycles. The van der Waals surface area contributed by atoms with Crippen LogP contribution in [0.15, 0.2) is 48.5 Å². The van der Waals surface area contributed by atoms with E-state index in [-0.39, 0.29) is 18.4 Å². The molecule has 0 radical (unpaired) electrons. The van der Waals surface area contributed by atoms with Gasteiger partial charge in [0.25, 0.3) is 5.91 Å². The number of likely N-dealkylation sites (tertiary alicyclic amines) is 1. The molecule has 2 unspecified atom stereocenters. The van der Waals surface area contributed by atoms with Crippen molar-refractivity contribution in [2.24, 2.45) is 5.41 Å². The number of carbonyl (C=O) groups is 2. The van der Waals surface area contributed by atoms with Gasteiger partial charge in [0.05, 0.1) is 0 Å². The zero-order valence-corrected chi connectivity index (χ0v) is 16.5. The molecule has 5 heteroatoms. The van der Waals surface area contributed by atoms with Gasteiger partial charge in [-0.2, -0.15) is 0 Å². The van der Waals surface area contributed by atoms with E-state index in [9.17, 15) is 14.7 Å². The Balaban J connectivity index is 1.79. The van der Waals surface area contributed by atoms with Crippen molar-refractivity contribution in [2.75, 3.05) is 0 Å². The fraction of sp³-hybridized carbons (Fsp3) is 0.364.